The number of esters is 1. The van der Waals surface area contributed by atoms with Crippen molar-refractivity contribution in [3.63, 3.8) is 0 Å². The average Bonchev–Trinajstić information content (AvgIpc) is 3.54. The number of benzene rings is 1. The molecule has 1 N–H and O–H groups in total. The maximum atomic E-state index is 13.0. The summed E-state index contributed by atoms with van der Waals surface area (Å²) >= 11 is 0. The van der Waals surface area contributed by atoms with E-state index in [1.54, 1.807) is 11.8 Å². The van der Waals surface area contributed by atoms with Gasteiger partial charge in [0.25, 0.3) is 0 Å². The predicted molar refractivity (Wildman–Crippen MR) is 168 cm³/mol. The number of H-pyrrole nitrogens is 1. The molecule has 1 saturated heterocycles. The van der Waals surface area contributed by atoms with E-state index in [0.29, 0.717) is 13.0 Å². The average molecular weight is 565 g/mol. The van der Waals surface area contributed by atoms with Gasteiger partial charge in [0, 0.05) is 42.5 Å². The van der Waals surface area contributed by atoms with Crippen LogP contribution in [0.15, 0.2) is 54.8 Å². The first-order valence-corrected chi connectivity index (χ1v) is 16.0. The van der Waals surface area contributed by atoms with Crippen molar-refractivity contribution in [1.29, 1.82) is 0 Å². The number of fused-ring (bicyclic) bond motifs is 1. The smallest absolute Gasteiger partial charge is 0.413 e. The Kier molecular flexibility index (Phi) is 14.0. The van der Waals surface area contributed by atoms with Crippen molar-refractivity contribution in [3.8, 4) is 0 Å². The molecule has 3 rings (SSSR count). The number of amides is 1. The second kappa shape index (κ2) is 17.7. The number of hydrogen-bond donors (Lipinski definition) is 1. The summed E-state index contributed by atoms with van der Waals surface area (Å²) in [6.45, 7) is 6.62. The van der Waals surface area contributed by atoms with Crippen LogP contribution in [-0.4, -0.2) is 40.3 Å². The van der Waals surface area contributed by atoms with Gasteiger partial charge in [-0.15, -0.1) is 0 Å². The van der Waals surface area contributed by atoms with Gasteiger partial charge in [-0.25, -0.2) is 4.79 Å². The van der Waals surface area contributed by atoms with Crippen LogP contribution in [0.1, 0.15) is 116 Å². The van der Waals surface area contributed by atoms with Crippen LogP contribution in [-0.2, 0) is 20.7 Å². The highest BCUT2D eigenvalue weighted by Crippen LogP contribution is 2.35. The van der Waals surface area contributed by atoms with Gasteiger partial charge in [0.2, 0.25) is 6.29 Å². The number of carbonyl (C=O) groups excluding carboxylic acids is 2. The number of hydrogen-bond acceptors (Lipinski definition) is 4. The molecule has 6 heteroatoms. The summed E-state index contributed by atoms with van der Waals surface area (Å²) in [5.74, 6) is -0.307. The quantitative estimate of drug-likeness (QED) is 0.0847. The van der Waals surface area contributed by atoms with E-state index in [1.165, 1.54) is 49.5 Å². The molecule has 2 atom stereocenters. The highest BCUT2D eigenvalue weighted by Gasteiger charge is 2.41. The fraction of sp³-hybridized carbons (Fsp3) is 0.600. The second-order valence-electron chi connectivity index (χ2n) is 11.7. The number of carbonyl (C=O) groups is 2. The lowest BCUT2D eigenvalue weighted by Crippen LogP contribution is -2.47. The van der Waals surface area contributed by atoms with Crippen molar-refractivity contribution in [2.24, 2.45) is 0 Å². The summed E-state index contributed by atoms with van der Waals surface area (Å²) < 4.78 is 11.0. The molecule has 226 valence electrons. The lowest BCUT2D eigenvalue weighted by molar-refractivity contribution is -0.166. The molecule has 1 aliphatic heterocycles. The summed E-state index contributed by atoms with van der Waals surface area (Å²) in [6, 6.07) is 8.22. The molecule has 0 bridgehead atoms. The van der Waals surface area contributed by atoms with Gasteiger partial charge in [-0.2, -0.15) is 0 Å². The van der Waals surface area contributed by atoms with Crippen LogP contribution in [0.25, 0.3) is 10.9 Å². The van der Waals surface area contributed by atoms with Gasteiger partial charge in [0.15, 0.2) is 0 Å². The Labute approximate surface area is 247 Å². The van der Waals surface area contributed by atoms with Crippen LogP contribution in [0.2, 0.25) is 0 Å². The number of para-hydroxylation sites is 1. The minimum Gasteiger partial charge on any atom is -0.425 e. The number of aromatic amines is 1. The van der Waals surface area contributed by atoms with Crippen LogP contribution in [0.4, 0.5) is 4.79 Å². The number of ether oxygens (including phenoxy) is 2. The second-order valence-corrected chi connectivity index (χ2v) is 11.7. The molecule has 1 aliphatic rings. The first-order valence-electron chi connectivity index (χ1n) is 16.0. The largest absolute Gasteiger partial charge is 0.425 e. The summed E-state index contributed by atoms with van der Waals surface area (Å²) in [4.78, 5) is 30.5. The summed E-state index contributed by atoms with van der Waals surface area (Å²) in [5, 5.41) is 1.18. The monoisotopic (exact) mass is 564 g/mol. The standard InChI is InChI=1S/C35H52N2O4/c1-4-5-6-7-8-9-10-11-12-13-14-15-16-17-18-24-33(38)40-29(2)41-34(39)37-26-21-25-35(37,3)27-30-28-36-32-23-20-19-22-31(30)32/h8-9,11-12,19-20,22-23,28-29,36H,4-7,10,13-18,21,24-27H2,1-3H3/b9-8-,12-11-/t29?,35-/m0/s1. The zero-order chi connectivity index (χ0) is 29.3. The van der Waals surface area contributed by atoms with Crippen LogP contribution >= 0.6 is 0 Å². The molecule has 0 aliphatic carbocycles. The lowest BCUT2D eigenvalue weighted by Gasteiger charge is -2.35. The summed E-state index contributed by atoms with van der Waals surface area (Å²) in [7, 11) is 0. The molecular weight excluding hydrogens is 512 g/mol. The Balaban J connectivity index is 1.26. The van der Waals surface area contributed by atoms with E-state index in [2.05, 4.69) is 55.3 Å². The van der Waals surface area contributed by atoms with Crippen molar-refractivity contribution in [2.45, 2.75) is 129 Å². The van der Waals surface area contributed by atoms with Gasteiger partial charge < -0.3 is 19.4 Å². The molecule has 2 heterocycles. The number of nitrogens with zero attached hydrogens (tertiary/aromatic N) is 1. The molecule has 1 aromatic carbocycles. The summed E-state index contributed by atoms with van der Waals surface area (Å²) in [6.07, 6.45) is 25.3. The molecule has 1 fully saturated rings. The number of allylic oxidation sites excluding steroid dienone is 4. The van der Waals surface area contributed by atoms with E-state index in [0.717, 1.165) is 56.9 Å². The predicted octanol–water partition coefficient (Wildman–Crippen LogP) is 9.40. The number of nitrogens with one attached hydrogen (secondary N) is 1. The SMILES string of the molecule is CCCCC/C=C\C/C=C\CCCCCCCC(=O)OC(C)OC(=O)N1CCC[C@@]1(C)Cc1c[nH]c2ccccc12. The van der Waals surface area contributed by atoms with Crippen LogP contribution in [0.3, 0.4) is 0 Å². The molecule has 0 saturated carbocycles. The summed E-state index contributed by atoms with van der Waals surface area (Å²) in [5.41, 5.74) is 1.95. The molecule has 1 unspecified atom stereocenters. The van der Waals surface area contributed by atoms with Crippen molar-refractivity contribution < 1.29 is 19.1 Å². The zero-order valence-corrected chi connectivity index (χ0v) is 25.7. The van der Waals surface area contributed by atoms with Crippen molar-refractivity contribution >= 4 is 23.0 Å². The Hall–Kier alpha value is -3.02. The zero-order valence-electron chi connectivity index (χ0n) is 25.7. The Bertz CT molecular complexity index is 1120. The van der Waals surface area contributed by atoms with E-state index < -0.39 is 12.4 Å². The highest BCUT2D eigenvalue weighted by molar-refractivity contribution is 5.83. The Morgan fingerprint density at radius 1 is 0.976 bits per heavy atom. The van der Waals surface area contributed by atoms with Gasteiger partial charge in [-0.1, -0.05) is 81.5 Å². The maximum Gasteiger partial charge on any atom is 0.413 e. The normalized spacial score (nSPS) is 18.1. The lowest BCUT2D eigenvalue weighted by atomic mass is 9.90. The van der Waals surface area contributed by atoms with Crippen molar-refractivity contribution in [1.82, 2.24) is 9.88 Å². The fourth-order valence-corrected chi connectivity index (χ4v) is 5.76. The maximum absolute atomic E-state index is 13.0. The highest BCUT2D eigenvalue weighted by atomic mass is 16.7. The number of aromatic nitrogens is 1. The molecule has 6 nitrogen and oxygen atoms in total. The molecular formula is C35H52N2O4. The minimum atomic E-state index is -0.897. The van der Waals surface area contributed by atoms with Crippen LogP contribution in [0, 0.1) is 0 Å². The minimum absolute atomic E-state index is 0.307. The Morgan fingerprint density at radius 2 is 1.68 bits per heavy atom. The van der Waals surface area contributed by atoms with Gasteiger partial charge >= 0.3 is 12.1 Å². The van der Waals surface area contributed by atoms with Crippen molar-refractivity contribution in [3.05, 3.63) is 60.3 Å². The van der Waals surface area contributed by atoms with Gasteiger partial charge in [-0.3, -0.25) is 4.79 Å². The Morgan fingerprint density at radius 3 is 2.46 bits per heavy atom. The number of likely N-dealkylation sites (tertiary alicyclic amines) is 1. The first kappa shape index (κ1) is 32.5. The van der Waals surface area contributed by atoms with Crippen LogP contribution in [0.5, 0.6) is 0 Å². The molecule has 0 radical (unpaired) electrons. The third kappa shape index (κ3) is 11.1. The molecule has 1 amide bonds. The number of unbranched alkanes of at least 4 members (excludes halogenated alkanes) is 8. The van der Waals surface area contributed by atoms with Gasteiger partial charge in [-0.05, 0) is 76.3 Å². The third-order valence-corrected chi connectivity index (χ3v) is 8.11. The number of rotatable bonds is 18. The van der Waals surface area contributed by atoms with E-state index >= 15 is 0 Å². The van der Waals surface area contributed by atoms with E-state index in [4.69, 9.17) is 9.47 Å². The van der Waals surface area contributed by atoms with Gasteiger partial charge in [0.05, 0.1) is 0 Å². The van der Waals surface area contributed by atoms with E-state index in [9.17, 15) is 9.59 Å². The molecule has 2 aromatic rings. The van der Waals surface area contributed by atoms with E-state index in [-0.39, 0.29) is 11.5 Å². The third-order valence-electron chi connectivity index (χ3n) is 8.11. The fourth-order valence-electron chi connectivity index (χ4n) is 5.76. The van der Waals surface area contributed by atoms with E-state index in [1.807, 2.05) is 18.3 Å². The van der Waals surface area contributed by atoms with Gasteiger partial charge in [0.1, 0.15) is 0 Å². The molecule has 0 spiro atoms. The van der Waals surface area contributed by atoms with Crippen molar-refractivity contribution in [2.75, 3.05) is 6.54 Å². The molecule has 41 heavy (non-hydrogen) atoms. The van der Waals surface area contributed by atoms with Crippen LogP contribution < -0.4 is 0 Å². The molecule has 1 aromatic heterocycles. The first-order chi connectivity index (χ1) is 19.9. The topological polar surface area (TPSA) is 71.6 Å².